The Bertz CT molecular complexity index is 404. The molecule has 0 aliphatic carbocycles. The Balaban J connectivity index is 2.16. The third-order valence-corrected chi connectivity index (χ3v) is 2.70. The average molecular weight is 238 g/mol. The molecule has 0 radical (unpaired) electrons. The zero-order chi connectivity index (χ0) is 12.3. The smallest absolute Gasteiger partial charge is 0.293 e. The summed E-state index contributed by atoms with van der Waals surface area (Å²) in [6.45, 7) is 1.57. The van der Waals surface area contributed by atoms with Gasteiger partial charge in [0.1, 0.15) is 6.04 Å². The molecule has 2 rings (SSSR count). The number of amides is 2. The van der Waals surface area contributed by atoms with E-state index in [0.717, 1.165) is 0 Å². The second-order valence-corrected chi connectivity index (χ2v) is 3.71. The summed E-state index contributed by atoms with van der Waals surface area (Å²) >= 11 is 0. The first-order valence-electron chi connectivity index (χ1n) is 5.38. The maximum absolute atomic E-state index is 12.1. The average Bonchev–Trinajstić information content (AvgIpc) is 2.91. The van der Waals surface area contributed by atoms with Gasteiger partial charge in [-0.1, -0.05) is 5.16 Å². The molecule has 17 heavy (non-hydrogen) atoms. The van der Waals surface area contributed by atoms with Crippen molar-refractivity contribution in [3.63, 3.8) is 0 Å². The predicted octanol–water partition coefficient (Wildman–Crippen LogP) is -1.17. The lowest BCUT2D eigenvalue weighted by atomic mass is 10.1. The number of hydrogen-bond donors (Lipinski definition) is 2. The number of nitrogens with zero attached hydrogens (tertiary/aromatic N) is 2. The highest BCUT2D eigenvalue weighted by Crippen LogP contribution is 2.10. The molecule has 2 heterocycles. The molecule has 0 aromatic carbocycles. The Morgan fingerprint density at radius 2 is 2.47 bits per heavy atom. The number of aromatic nitrogens is 1. The van der Waals surface area contributed by atoms with E-state index in [1.165, 1.54) is 17.2 Å². The number of rotatable bonds is 2. The molecule has 1 aliphatic rings. The topological polar surface area (TPSA) is 87.5 Å². The summed E-state index contributed by atoms with van der Waals surface area (Å²) in [4.78, 5) is 25.2. The van der Waals surface area contributed by atoms with Crippen molar-refractivity contribution >= 4 is 11.8 Å². The van der Waals surface area contributed by atoms with Crippen LogP contribution in [0.4, 0.5) is 0 Å². The van der Waals surface area contributed by atoms with Gasteiger partial charge in [-0.25, -0.2) is 0 Å². The second kappa shape index (κ2) is 4.96. The van der Waals surface area contributed by atoms with Gasteiger partial charge in [-0.3, -0.25) is 9.59 Å². The van der Waals surface area contributed by atoms with E-state index < -0.39 is 6.04 Å². The molecule has 2 N–H and O–H groups in total. The van der Waals surface area contributed by atoms with Crippen molar-refractivity contribution < 1.29 is 14.1 Å². The van der Waals surface area contributed by atoms with Gasteiger partial charge in [0.25, 0.3) is 5.91 Å². The molecule has 1 fully saturated rings. The molecular weight excluding hydrogens is 224 g/mol. The molecule has 0 saturated carbocycles. The van der Waals surface area contributed by atoms with Gasteiger partial charge in [-0.15, -0.1) is 0 Å². The molecule has 1 unspecified atom stereocenters. The summed E-state index contributed by atoms with van der Waals surface area (Å²) in [5, 5.41) is 9.11. The van der Waals surface area contributed by atoms with Crippen molar-refractivity contribution in [3.05, 3.63) is 18.0 Å². The van der Waals surface area contributed by atoms with Crippen LogP contribution in [0, 0.1) is 0 Å². The standard InChI is InChI=1S/C10H14N4O3/c1-11-9(15)7-6-12-4-5-14(7)10(16)8-2-3-13-17-8/h2-3,7,12H,4-6H2,1H3,(H,11,15). The van der Waals surface area contributed by atoms with Crippen molar-refractivity contribution in [2.24, 2.45) is 0 Å². The van der Waals surface area contributed by atoms with E-state index in [0.29, 0.717) is 19.6 Å². The Kier molecular flexibility index (Phi) is 3.38. The minimum absolute atomic E-state index is 0.154. The van der Waals surface area contributed by atoms with Crippen LogP contribution in [0.25, 0.3) is 0 Å². The first-order valence-corrected chi connectivity index (χ1v) is 5.38. The lowest BCUT2D eigenvalue weighted by Crippen LogP contribution is -2.59. The van der Waals surface area contributed by atoms with E-state index in [1.807, 2.05) is 0 Å². The number of likely N-dealkylation sites (N-methyl/N-ethyl adjacent to an activating group) is 1. The van der Waals surface area contributed by atoms with Gasteiger partial charge in [0, 0.05) is 32.7 Å². The summed E-state index contributed by atoms with van der Waals surface area (Å²) in [6.07, 6.45) is 1.41. The second-order valence-electron chi connectivity index (χ2n) is 3.71. The first-order chi connectivity index (χ1) is 8.24. The summed E-state index contributed by atoms with van der Waals surface area (Å²) in [5.41, 5.74) is 0. The van der Waals surface area contributed by atoms with E-state index in [1.54, 1.807) is 7.05 Å². The summed E-state index contributed by atoms with van der Waals surface area (Å²) in [6, 6.07) is 0.983. The van der Waals surface area contributed by atoms with E-state index in [-0.39, 0.29) is 17.6 Å². The third kappa shape index (κ3) is 2.28. The molecule has 0 bridgehead atoms. The monoisotopic (exact) mass is 238 g/mol. The summed E-state index contributed by atoms with van der Waals surface area (Å²) in [5.74, 6) is -0.344. The Morgan fingerprint density at radius 3 is 3.12 bits per heavy atom. The normalized spacial score (nSPS) is 20.1. The van der Waals surface area contributed by atoms with Crippen LogP contribution in [-0.2, 0) is 4.79 Å². The van der Waals surface area contributed by atoms with Gasteiger partial charge in [0.15, 0.2) is 0 Å². The maximum Gasteiger partial charge on any atom is 0.293 e. The fraction of sp³-hybridized carbons (Fsp3) is 0.500. The third-order valence-electron chi connectivity index (χ3n) is 2.70. The molecule has 7 heteroatoms. The van der Waals surface area contributed by atoms with Gasteiger partial charge in [-0.2, -0.15) is 0 Å². The van der Waals surface area contributed by atoms with Gasteiger partial charge >= 0.3 is 0 Å². The summed E-state index contributed by atoms with van der Waals surface area (Å²) < 4.78 is 4.82. The molecule has 1 aromatic heterocycles. The number of hydrogen-bond acceptors (Lipinski definition) is 5. The SMILES string of the molecule is CNC(=O)C1CNCCN1C(=O)c1ccno1. The lowest BCUT2D eigenvalue weighted by molar-refractivity contribution is -0.125. The number of carbonyl (C=O) groups is 2. The lowest BCUT2D eigenvalue weighted by Gasteiger charge is -2.34. The highest BCUT2D eigenvalue weighted by atomic mass is 16.5. The van der Waals surface area contributed by atoms with E-state index in [4.69, 9.17) is 4.52 Å². The number of piperazine rings is 1. The van der Waals surface area contributed by atoms with Crippen LogP contribution in [-0.4, -0.2) is 54.6 Å². The van der Waals surface area contributed by atoms with E-state index >= 15 is 0 Å². The van der Waals surface area contributed by atoms with Gasteiger partial charge in [0.2, 0.25) is 11.7 Å². The molecular formula is C10H14N4O3. The van der Waals surface area contributed by atoms with Gasteiger partial charge in [0.05, 0.1) is 6.20 Å². The minimum atomic E-state index is -0.508. The van der Waals surface area contributed by atoms with Crippen molar-refractivity contribution in [2.45, 2.75) is 6.04 Å². The fourth-order valence-electron chi connectivity index (χ4n) is 1.82. The highest BCUT2D eigenvalue weighted by Gasteiger charge is 2.33. The van der Waals surface area contributed by atoms with Gasteiger partial charge in [-0.05, 0) is 0 Å². The van der Waals surface area contributed by atoms with Crippen LogP contribution in [0.15, 0.2) is 16.8 Å². The van der Waals surface area contributed by atoms with Crippen LogP contribution in [0.1, 0.15) is 10.6 Å². The van der Waals surface area contributed by atoms with Crippen molar-refractivity contribution in [2.75, 3.05) is 26.7 Å². The quantitative estimate of drug-likeness (QED) is 0.678. The van der Waals surface area contributed by atoms with Gasteiger partial charge < -0.3 is 20.1 Å². The largest absolute Gasteiger partial charge is 0.357 e. The van der Waals surface area contributed by atoms with E-state index in [2.05, 4.69) is 15.8 Å². The Labute approximate surface area is 98.1 Å². The van der Waals surface area contributed by atoms with Crippen molar-refractivity contribution in [1.82, 2.24) is 20.7 Å². The van der Waals surface area contributed by atoms with Crippen LogP contribution in [0.5, 0.6) is 0 Å². The van der Waals surface area contributed by atoms with Crippen LogP contribution in [0.2, 0.25) is 0 Å². The molecule has 1 aromatic rings. The molecule has 1 aliphatic heterocycles. The van der Waals surface area contributed by atoms with Crippen LogP contribution < -0.4 is 10.6 Å². The molecule has 1 atom stereocenters. The minimum Gasteiger partial charge on any atom is -0.357 e. The van der Waals surface area contributed by atoms with E-state index in [9.17, 15) is 9.59 Å². The number of carbonyl (C=O) groups excluding carboxylic acids is 2. The molecule has 7 nitrogen and oxygen atoms in total. The number of nitrogens with one attached hydrogen (secondary N) is 2. The zero-order valence-corrected chi connectivity index (χ0v) is 9.47. The highest BCUT2D eigenvalue weighted by molar-refractivity contribution is 5.95. The van der Waals surface area contributed by atoms with Crippen molar-refractivity contribution in [1.29, 1.82) is 0 Å². The maximum atomic E-state index is 12.1. The van der Waals surface area contributed by atoms with Crippen LogP contribution in [0.3, 0.4) is 0 Å². The predicted molar refractivity (Wildman–Crippen MR) is 58.3 cm³/mol. The Hall–Kier alpha value is -1.89. The molecule has 0 spiro atoms. The van der Waals surface area contributed by atoms with Crippen LogP contribution >= 0.6 is 0 Å². The molecule has 1 saturated heterocycles. The fourth-order valence-corrected chi connectivity index (χ4v) is 1.82. The molecule has 2 amide bonds. The first kappa shape index (κ1) is 11.6. The Morgan fingerprint density at radius 1 is 1.65 bits per heavy atom. The zero-order valence-electron chi connectivity index (χ0n) is 9.47. The summed E-state index contributed by atoms with van der Waals surface area (Å²) in [7, 11) is 1.55. The molecule has 92 valence electrons. The van der Waals surface area contributed by atoms with Crippen molar-refractivity contribution in [3.8, 4) is 0 Å².